The minimum Gasteiger partial charge on any atom is -0.305 e. The molecule has 0 spiro atoms. The van der Waals surface area contributed by atoms with Crippen LogP contribution in [0.2, 0.25) is 0 Å². The van der Waals surface area contributed by atoms with Crippen molar-refractivity contribution in [1.82, 2.24) is 10.3 Å². The molecule has 1 heterocycles. The minimum absolute atomic E-state index is 0.424. The molecule has 0 aromatic carbocycles. The highest BCUT2D eigenvalue weighted by molar-refractivity contribution is 7.11. The van der Waals surface area contributed by atoms with Gasteiger partial charge in [0, 0.05) is 17.1 Å². The van der Waals surface area contributed by atoms with Crippen LogP contribution in [0.15, 0.2) is 6.20 Å². The summed E-state index contributed by atoms with van der Waals surface area (Å²) in [5.41, 5.74) is 0. The Kier molecular flexibility index (Phi) is 4.23. The highest BCUT2D eigenvalue weighted by Crippen LogP contribution is 2.44. The molecule has 2 aliphatic rings. The van der Waals surface area contributed by atoms with Crippen LogP contribution in [0, 0.1) is 11.8 Å². The highest BCUT2D eigenvalue weighted by atomic mass is 32.1. The number of aryl methyl sites for hydroxylation is 1. The van der Waals surface area contributed by atoms with Crippen LogP contribution in [-0.2, 0) is 6.42 Å². The van der Waals surface area contributed by atoms with Crippen LogP contribution in [-0.4, -0.2) is 11.0 Å². The first-order valence-corrected chi connectivity index (χ1v) is 8.78. The van der Waals surface area contributed by atoms with Crippen molar-refractivity contribution in [3.8, 4) is 0 Å². The molecule has 3 heteroatoms. The molecular formula is C16H26N2S. The van der Waals surface area contributed by atoms with E-state index in [9.17, 15) is 0 Å². The van der Waals surface area contributed by atoms with Gasteiger partial charge >= 0.3 is 0 Å². The topological polar surface area (TPSA) is 24.9 Å². The molecule has 1 aromatic rings. The second-order valence-corrected chi connectivity index (χ2v) is 7.51. The van der Waals surface area contributed by atoms with Crippen molar-refractivity contribution in [3.63, 3.8) is 0 Å². The van der Waals surface area contributed by atoms with Gasteiger partial charge in [-0.15, -0.1) is 11.3 Å². The van der Waals surface area contributed by atoms with Crippen molar-refractivity contribution in [2.24, 2.45) is 11.8 Å². The normalized spacial score (nSPS) is 29.4. The number of hydrogen-bond acceptors (Lipinski definition) is 3. The third-order valence-corrected chi connectivity index (χ3v) is 6.10. The van der Waals surface area contributed by atoms with Crippen LogP contribution in [0.1, 0.15) is 68.3 Å². The quantitative estimate of drug-likeness (QED) is 0.867. The Bertz CT molecular complexity index is 411. The average molecular weight is 278 g/mol. The summed E-state index contributed by atoms with van der Waals surface area (Å²) in [6, 6.07) is 1.15. The second kappa shape index (κ2) is 5.92. The fourth-order valence-electron chi connectivity index (χ4n) is 3.49. The first-order valence-electron chi connectivity index (χ1n) is 7.97. The van der Waals surface area contributed by atoms with Gasteiger partial charge in [0.2, 0.25) is 0 Å². The number of rotatable bonds is 5. The molecule has 106 valence electrons. The van der Waals surface area contributed by atoms with E-state index >= 15 is 0 Å². The predicted octanol–water partition coefficient (Wildman–Crippen LogP) is 4.32. The maximum atomic E-state index is 4.57. The molecule has 3 unspecified atom stereocenters. The summed E-state index contributed by atoms with van der Waals surface area (Å²) in [5.74, 6) is 2.09. The highest BCUT2D eigenvalue weighted by Gasteiger charge is 2.35. The molecule has 1 N–H and O–H groups in total. The summed E-state index contributed by atoms with van der Waals surface area (Å²) in [6.45, 7) is 4.48. The lowest BCUT2D eigenvalue weighted by Crippen LogP contribution is -2.36. The molecule has 3 rings (SSSR count). The van der Waals surface area contributed by atoms with E-state index < -0.39 is 0 Å². The summed E-state index contributed by atoms with van der Waals surface area (Å²) in [7, 11) is 0. The molecule has 0 radical (unpaired) electrons. The zero-order valence-electron chi connectivity index (χ0n) is 12.2. The smallest absolute Gasteiger partial charge is 0.109 e. The van der Waals surface area contributed by atoms with Crippen molar-refractivity contribution in [3.05, 3.63) is 16.1 Å². The first-order chi connectivity index (χ1) is 9.26. The van der Waals surface area contributed by atoms with E-state index in [4.69, 9.17) is 0 Å². The van der Waals surface area contributed by atoms with Gasteiger partial charge in [0.15, 0.2) is 0 Å². The van der Waals surface area contributed by atoms with Crippen LogP contribution in [0.25, 0.3) is 0 Å². The van der Waals surface area contributed by atoms with Gasteiger partial charge in [-0.1, -0.05) is 19.8 Å². The summed E-state index contributed by atoms with van der Waals surface area (Å²) in [5, 5.41) is 5.10. The lowest BCUT2D eigenvalue weighted by molar-refractivity contribution is 0.249. The molecule has 1 aromatic heterocycles. The van der Waals surface area contributed by atoms with Gasteiger partial charge in [0.1, 0.15) is 5.01 Å². The Hall–Kier alpha value is -0.410. The average Bonchev–Trinajstić information content (AvgIpc) is 3.16. The molecule has 0 saturated heterocycles. The van der Waals surface area contributed by atoms with Crippen LogP contribution in [0.3, 0.4) is 0 Å². The van der Waals surface area contributed by atoms with Gasteiger partial charge in [-0.25, -0.2) is 4.98 Å². The summed E-state index contributed by atoms with van der Waals surface area (Å²) >= 11 is 1.88. The maximum absolute atomic E-state index is 4.57. The van der Waals surface area contributed by atoms with Crippen molar-refractivity contribution >= 4 is 11.3 Å². The Morgan fingerprint density at radius 3 is 2.84 bits per heavy atom. The van der Waals surface area contributed by atoms with Gasteiger partial charge < -0.3 is 5.32 Å². The van der Waals surface area contributed by atoms with Crippen LogP contribution in [0.4, 0.5) is 0 Å². The van der Waals surface area contributed by atoms with Gasteiger partial charge in [-0.2, -0.15) is 0 Å². The van der Waals surface area contributed by atoms with E-state index in [0.717, 1.165) is 24.3 Å². The fraction of sp³-hybridized carbons (Fsp3) is 0.812. The van der Waals surface area contributed by atoms with E-state index in [0.29, 0.717) is 6.04 Å². The molecule has 2 saturated carbocycles. The summed E-state index contributed by atoms with van der Waals surface area (Å²) < 4.78 is 0. The lowest BCUT2D eigenvalue weighted by Gasteiger charge is -2.31. The first kappa shape index (κ1) is 13.6. The Labute approximate surface area is 121 Å². The molecular weight excluding hydrogens is 252 g/mol. The molecule has 2 nitrogen and oxygen atoms in total. The third kappa shape index (κ3) is 3.38. The number of hydrogen-bond donors (Lipinski definition) is 1. The van der Waals surface area contributed by atoms with E-state index in [2.05, 4.69) is 24.1 Å². The van der Waals surface area contributed by atoms with Gasteiger partial charge in [0.25, 0.3) is 0 Å². The third-order valence-electron chi connectivity index (χ3n) is 4.78. The van der Waals surface area contributed by atoms with Crippen molar-refractivity contribution in [1.29, 1.82) is 0 Å². The largest absolute Gasteiger partial charge is 0.305 e. The van der Waals surface area contributed by atoms with Crippen molar-refractivity contribution in [2.75, 3.05) is 0 Å². The van der Waals surface area contributed by atoms with Gasteiger partial charge in [-0.3, -0.25) is 0 Å². The molecule has 3 atom stereocenters. The second-order valence-electron chi connectivity index (χ2n) is 6.37. The molecule has 0 amide bonds. The number of aromatic nitrogens is 1. The molecule has 0 aliphatic heterocycles. The van der Waals surface area contributed by atoms with E-state index in [1.165, 1.54) is 48.4 Å². The Morgan fingerprint density at radius 1 is 1.32 bits per heavy atom. The number of nitrogens with one attached hydrogen (secondary N) is 1. The van der Waals surface area contributed by atoms with E-state index in [1.807, 2.05) is 17.5 Å². The Balaban J connectivity index is 1.54. The van der Waals surface area contributed by atoms with E-state index in [-0.39, 0.29) is 0 Å². The SMILES string of the molecule is CCc1cnc(C(C)NC2CCCC(C3CC3)C2)s1. The predicted molar refractivity (Wildman–Crippen MR) is 81.5 cm³/mol. The monoisotopic (exact) mass is 278 g/mol. The van der Waals surface area contributed by atoms with Crippen LogP contribution < -0.4 is 5.32 Å². The molecule has 2 aliphatic carbocycles. The van der Waals surface area contributed by atoms with Crippen LogP contribution in [0.5, 0.6) is 0 Å². The number of thiazole rings is 1. The van der Waals surface area contributed by atoms with Gasteiger partial charge in [0.05, 0.1) is 6.04 Å². The maximum Gasteiger partial charge on any atom is 0.109 e. The molecule has 0 bridgehead atoms. The lowest BCUT2D eigenvalue weighted by atomic mass is 9.82. The molecule has 19 heavy (non-hydrogen) atoms. The van der Waals surface area contributed by atoms with E-state index in [1.54, 1.807) is 0 Å². The van der Waals surface area contributed by atoms with Gasteiger partial charge in [-0.05, 0) is 50.9 Å². The van der Waals surface area contributed by atoms with Crippen molar-refractivity contribution in [2.45, 2.75) is 70.9 Å². The van der Waals surface area contributed by atoms with Crippen molar-refractivity contribution < 1.29 is 0 Å². The Morgan fingerprint density at radius 2 is 2.16 bits per heavy atom. The zero-order chi connectivity index (χ0) is 13.2. The summed E-state index contributed by atoms with van der Waals surface area (Å²) in [4.78, 5) is 5.98. The molecule has 2 fully saturated rings. The standard InChI is InChI=1S/C16H26N2S/c1-3-15-10-17-16(19-15)11(2)18-14-6-4-5-13(9-14)12-7-8-12/h10-14,18H,3-9H2,1-2H3. The zero-order valence-corrected chi connectivity index (χ0v) is 13.0. The minimum atomic E-state index is 0.424. The number of nitrogens with zero attached hydrogens (tertiary/aromatic N) is 1. The fourth-order valence-corrected chi connectivity index (χ4v) is 4.35. The van der Waals surface area contributed by atoms with Crippen LogP contribution >= 0.6 is 11.3 Å². The summed E-state index contributed by atoms with van der Waals surface area (Å²) in [6.07, 6.45) is 11.8.